The van der Waals surface area contributed by atoms with Crippen LogP contribution in [0.15, 0.2) is 29.3 Å². The molecule has 30 heavy (non-hydrogen) atoms. The molecule has 1 aromatic carbocycles. The summed E-state index contributed by atoms with van der Waals surface area (Å²) in [7, 11) is 1.91. The van der Waals surface area contributed by atoms with Gasteiger partial charge >= 0.3 is 0 Å². The number of nitrogens with zero attached hydrogens (tertiary/aromatic N) is 4. The number of guanidine groups is 1. The molecule has 4 rings (SSSR count). The molecular formula is C24H39N5O. The van der Waals surface area contributed by atoms with Crippen LogP contribution in [0.2, 0.25) is 0 Å². The number of rotatable bonds is 5. The average Bonchev–Trinajstić information content (AvgIpc) is 3.14. The minimum absolute atomic E-state index is 0.628. The number of hydrogen-bond acceptors (Lipinski definition) is 4. The first-order valence-electron chi connectivity index (χ1n) is 11.9. The lowest BCUT2D eigenvalue weighted by Gasteiger charge is -2.32. The molecule has 0 aromatic heterocycles. The van der Waals surface area contributed by atoms with Gasteiger partial charge in [0.1, 0.15) is 0 Å². The second-order valence-corrected chi connectivity index (χ2v) is 8.90. The fraction of sp³-hybridized carbons (Fsp3) is 0.708. The zero-order chi connectivity index (χ0) is 20.6. The van der Waals surface area contributed by atoms with E-state index in [-0.39, 0.29) is 0 Å². The maximum atomic E-state index is 5.52. The molecule has 3 saturated heterocycles. The minimum Gasteiger partial charge on any atom is -0.379 e. The predicted octanol–water partition coefficient (Wildman–Crippen LogP) is 2.54. The topological polar surface area (TPSA) is 43.3 Å². The number of morpholine rings is 1. The van der Waals surface area contributed by atoms with E-state index in [4.69, 9.17) is 4.74 Å². The van der Waals surface area contributed by atoms with Crippen molar-refractivity contribution in [1.29, 1.82) is 0 Å². The minimum atomic E-state index is 0.628. The second kappa shape index (κ2) is 11.1. The summed E-state index contributed by atoms with van der Waals surface area (Å²) in [6.45, 7) is 10.4. The maximum absolute atomic E-state index is 5.52. The molecule has 166 valence electrons. The third-order valence-corrected chi connectivity index (χ3v) is 6.88. The van der Waals surface area contributed by atoms with Crippen LogP contribution in [0.4, 0.5) is 0 Å². The van der Waals surface area contributed by atoms with E-state index < -0.39 is 0 Å². The molecule has 0 spiro atoms. The summed E-state index contributed by atoms with van der Waals surface area (Å²) in [6, 6.07) is 9.54. The van der Waals surface area contributed by atoms with Gasteiger partial charge in [-0.2, -0.15) is 0 Å². The summed E-state index contributed by atoms with van der Waals surface area (Å²) in [5, 5.41) is 3.66. The van der Waals surface area contributed by atoms with Crippen molar-refractivity contribution in [3.05, 3.63) is 35.4 Å². The van der Waals surface area contributed by atoms with Crippen LogP contribution in [-0.2, 0) is 17.8 Å². The lowest BCUT2D eigenvalue weighted by atomic mass is 10.1. The number of hydrogen-bond donors (Lipinski definition) is 1. The second-order valence-electron chi connectivity index (χ2n) is 8.90. The van der Waals surface area contributed by atoms with Gasteiger partial charge in [0.25, 0.3) is 0 Å². The largest absolute Gasteiger partial charge is 0.379 e. The van der Waals surface area contributed by atoms with Gasteiger partial charge in [0.2, 0.25) is 0 Å². The molecule has 1 atom stereocenters. The average molecular weight is 414 g/mol. The SMILES string of the molecule is CN=C(NCc1ccccc1CN1CCCCCC1)N1CCC(N2CCOCC2)C1. The van der Waals surface area contributed by atoms with Crippen molar-refractivity contribution in [2.24, 2.45) is 4.99 Å². The van der Waals surface area contributed by atoms with Crippen molar-refractivity contribution in [3.63, 3.8) is 0 Å². The molecule has 1 aromatic rings. The molecule has 3 fully saturated rings. The first kappa shape index (κ1) is 21.6. The Kier molecular flexibility index (Phi) is 8.01. The van der Waals surface area contributed by atoms with Crippen molar-refractivity contribution in [1.82, 2.24) is 20.0 Å². The molecule has 0 saturated carbocycles. The van der Waals surface area contributed by atoms with Crippen LogP contribution < -0.4 is 5.32 Å². The lowest BCUT2D eigenvalue weighted by Crippen LogP contribution is -2.46. The van der Waals surface area contributed by atoms with Crippen molar-refractivity contribution < 1.29 is 4.74 Å². The van der Waals surface area contributed by atoms with Gasteiger partial charge < -0.3 is 15.0 Å². The zero-order valence-electron chi connectivity index (χ0n) is 18.7. The number of nitrogens with one attached hydrogen (secondary N) is 1. The normalized spacial score (nSPS) is 24.8. The van der Waals surface area contributed by atoms with Gasteiger partial charge in [-0.05, 0) is 43.5 Å². The molecule has 0 radical (unpaired) electrons. The Hall–Kier alpha value is -1.63. The fourth-order valence-electron chi connectivity index (χ4n) is 5.10. The van der Waals surface area contributed by atoms with Crippen LogP contribution in [-0.4, -0.2) is 86.2 Å². The summed E-state index contributed by atoms with van der Waals surface area (Å²) >= 11 is 0. The Morgan fingerprint density at radius 3 is 2.47 bits per heavy atom. The van der Waals surface area contributed by atoms with Gasteiger partial charge in [-0.15, -0.1) is 0 Å². The predicted molar refractivity (Wildman–Crippen MR) is 123 cm³/mol. The molecule has 3 heterocycles. The van der Waals surface area contributed by atoms with Crippen LogP contribution in [0.1, 0.15) is 43.2 Å². The molecule has 0 aliphatic carbocycles. The van der Waals surface area contributed by atoms with E-state index in [0.717, 1.165) is 58.4 Å². The highest BCUT2D eigenvalue weighted by molar-refractivity contribution is 5.80. The number of aliphatic imine (C=N–C) groups is 1. The molecule has 0 amide bonds. The first-order valence-corrected chi connectivity index (χ1v) is 11.9. The maximum Gasteiger partial charge on any atom is 0.193 e. The summed E-state index contributed by atoms with van der Waals surface area (Å²) in [6.07, 6.45) is 6.67. The molecule has 3 aliphatic heterocycles. The van der Waals surface area contributed by atoms with Crippen LogP contribution in [0.5, 0.6) is 0 Å². The highest BCUT2D eigenvalue weighted by Gasteiger charge is 2.30. The monoisotopic (exact) mass is 413 g/mol. The molecule has 6 heteroatoms. The van der Waals surface area contributed by atoms with Gasteiger partial charge in [0.15, 0.2) is 5.96 Å². The first-order chi connectivity index (χ1) is 14.8. The van der Waals surface area contributed by atoms with Crippen LogP contribution in [0, 0.1) is 0 Å². The Bertz CT molecular complexity index is 680. The number of ether oxygens (including phenoxy) is 1. The molecule has 6 nitrogen and oxygen atoms in total. The van der Waals surface area contributed by atoms with Crippen LogP contribution >= 0.6 is 0 Å². The van der Waals surface area contributed by atoms with E-state index in [2.05, 4.69) is 49.3 Å². The van der Waals surface area contributed by atoms with E-state index in [1.54, 1.807) is 0 Å². The summed E-state index contributed by atoms with van der Waals surface area (Å²) < 4.78 is 5.52. The lowest BCUT2D eigenvalue weighted by molar-refractivity contribution is 0.0195. The third-order valence-electron chi connectivity index (χ3n) is 6.88. The molecule has 0 bridgehead atoms. The van der Waals surface area contributed by atoms with Crippen molar-refractivity contribution in [2.45, 2.75) is 51.2 Å². The quantitative estimate of drug-likeness (QED) is 0.594. The van der Waals surface area contributed by atoms with E-state index in [0.29, 0.717) is 6.04 Å². The highest BCUT2D eigenvalue weighted by atomic mass is 16.5. The smallest absolute Gasteiger partial charge is 0.193 e. The Balaban J connectivity index is 1.32. The molecule has 1 unspecified atom stereocenters. The van der Waals surface area contributed by atoms with E-state index >= 15 is 0 Å². The summed E-state index contributed by atoms with van der Waals surface area (Å²) in [5.74, 6) is 1.04. The zero-order valence-corrected chi connectivity index (χ0v) is 18.7. The molecule has 3 aliphatic rings. The Morgan fingerprint density at radius 1 is 1.00 bits per heavy atom. The third kappa shape index (κ3) is 5.74. The van der Waals surface area contributed by atoms with Gasteiger partial charge in [0.05, 0.1) is 13.2 Å². The fourth-order valence-corrected chi connectivity index (χ4v) is 5.10. The van der Waals surface area contributed by atoms with Crippen molar-refractivity contribution >= 4 is 5.96 Å². The summed E-state index contributed by atoms with van der Waals surface area (Å²) in [5.41, 5.74) is 2.85. The van der Waals surface area contributed by atoms with Gasteiger partial charge in [-0.1, -0.05) is 37.1 Å². The van der Waals surface area contributed by atoms with Gasteiger partial charge in [-0.3, -0.25) is 14.8 Å². The van der Waals surface area contributed by atoms with Crippen LogP contribution in [0.25, 0.3) is 0 Å². The van der Waals surface area contributed by atoms with E-state index in [1.165, 1.54) is 56.3 Å². The van der Waals surface area contributed by atoms with Gasteiger partial charge in [0, 0.05) is 52.4 Å². The van der Waals surface area contributed by atoms with E-state index in [9.17, 15) is 0 Å². The van der Waals surface area contributed by atoms with Crippen LogP contribution in [0.3, 0.4) is 0 Å². The standard InChI is InChI=1S/C24H39N5O/c1-25-24(29-13-10-23(20-29)28-14-16-30-17-15-28)26-18-21-8-4-5-9-22(21)19-27-11-6-2-3-7-12-27/h4-5,8-9,23H,2-3,6-7,10-20H2,1H3,(H,25,26). The van der Waals surface area contributed by atoms with E-state index in [1.807, 2.05) is 7.05 Å². The van der Waals surface area contributed by atoms with Crippen molar-refractivity contribution in [2.75, 3.05) is 59.5 Å². The summed E-state index contributed by atoms with van der Waals surface area (Å²) in [4.78, 5) is 12.3. The Morgan fingerprint density at radius 2 is 1.73 bits per heavy atom. The highest BCUT2D eigenvalue weighted by Crippen LogP contribution is 2.19. The van der Waals surface area contributed by atoms with Crippen molar-refractivity contribution in [3.8, 4) is 0 Å². The number of benzene rings is 1. The molecular weight excluding hydrogens is 374 g/mol. The Labute approximate surface area is 182 Å². The van der Waals surface area contributed by atoms with Gasteiger partial charge in [-0.25, -0.2) is 0 Å². The molecule has 1 N–H and O–H groups in total. The number of likely N-dealkylation sites (tertiary alicyclic amines) is 2.